The molecule has 6 nitrogen and oxygen atoms in total. The number of hydrogen-bond acceptors (Lipinski definition) is 4. The van der Waals surface area contributed by atoms with Crippen molar-refractivity contribution in [3.05, 3.63) is 35.9 Å². The molecule has 2 atom stereocenters. The number of likely N-dealkylation sites (tertiary alicyclic amines) is 1. The molecule has 166 valence electrons. The summed E-state index contributed by atoms with van der Waals surface area (Å²) in [4.78, 5) is 27.6. The highest BCUT2D eigenvalue weighted by Gasteiger charge is 2.44. The summed E-state index contributed by atoms with van der Waals surface area (Å²) in [5, 5.41) is 6.16. The first-order valence-electron chi connectivity index (χ1n) is 11.2. The molecule has 0 bridgehead atoms. The van der Waals surface area contributed by atoms with Crippen LogP contribution in [-0.4, -0.2) is 47.7 Å². The summed E-state index contributed by atoms with van der Waals surface area (Å²) in [5.74, 6) is 0.496. The highest BCUT2D eigenvalue weighted by molar-refractivity contribution is 5.80. The zero-order chi connectivity index (χ0) is 21.8. The standard InChI is InChI=1S/C24H37N3O3/c1-23(2,3)30-22(29)25-17-24(4,20-12-13-20)26-21(28)19-11-8-14-27(16-19)15-18-9-6-5-7-10-18/h5-7,9-10,19-20H,8,11-17H2,1-4H3,(H,25,29)(H,26,28). The molecule has 2 aliphatic rings. The SMILES string of the molecule is CC(C)(C)OC(=O)NCC(C)(NC(=O)C1CCCN(Cc2ccccc2)C1)C1CC1. The van der Waals surface area contributed by atoms with E-state index in [1.54, 1.807) is 0 Å². The Labute approximate surface area is 180 Å². The van der Waals surface area contributed by atoms with E-state index in [0.29, 0.717) is 12.5 Å². The van der Waals surface area contributed by atoms with Gasteiger partial charge in [0.2, 0.25) is 5.91 Å². The Balaban J connectivity index is 1.54. The molecule has 0 radical (unpaired) electrons. The van der Waals surface area contributed by atoms with E-state index in [2.05, 4.69) is 39.8 Å². The molecule has 1 aliphatic carbocycles. The number of rotatable bonds is 7. The first kappa shape index (κ1) is 22.6. The minimum absolute atomic E-state index is 0.0120. The third kappa shape index (κ3) is 6.73. The predicted octanol–water partition coefficient (Wildman–Crippen LogP) is 3.71. The van der Waals surface area contributed by atoms with Gasteiger partial charge in [0.1, 0.15) is 5.60 Å². The first-order valence-corrected chi connectivity index (χ1v) is 11.2. The summed E-state index contributed by atoms with van der Waals surface area (Å²) >= 11 is 0. The maximum atomic E-state index is 13.1. The molecule has 1 aliphatic heterocycles. The first-order chi connectivity index (χ1) is 14.1. The summed E-state index contributed by atoms with van der Waals surface area (Å²) < 4.78 is 5.36. The molecule has 1 saturated heterocycles. The van der Waals surface area contributed by atoms with E-state index in [-0.39, 0.29) is 11.8 Å². The Morgan fingerprint density at radius 3 is 2.43 bits per heavy atom. The van der Waals surface area contributed by atoms with Crippen LogP contribution in [-0.2, 0) is 16.1 Å². The van der Waals surface area contributed by atoms with Crippen LogP contribution >= 0.6 is 0 Å². The third-order valence-corrected chi connectivity index (χ3v) is 6.01. The van der Waals surface area contributed by atoms with E-state index < -0.39 is 17.2 Å². The lowest BCUT2D eigenvalue weighted by Crippen LogP contribution is -2.58. The molecule has 2 unspecified atom stereocenters. The van der Waals surface area contributed by atoms with Crippen LogP contribution in [0.5, 0.6) is 0 Å². The lowest BCUT2D eigenvalue weighted by Gasteiger charge is -2.36. The summed E-state index contributed by atoms with van der Waals surface area (Å²) in [6.45, 7) is 10.7. The van der Waals surface area contributed by atoms with E-state index in [4.69, 9.17) is 4.74 Å². The number of nitrogens with one attached hydrogen (secondary N) is 2. The number of piperidine rings is 1. The minimum atomic E-state index is -0.534. The van der Waals surface area contributed by atoms with Crippen molar-refractivity contribution in [2.45, 2.75) is 71.1 Å². The second-order valence-corrected chi connectivity index (χ2v) is 10.1. The Kier molecular flexibility index (Phi) is 7.06. The molecule has 1 heterocycles. The molecule has 1 aromatic rings. The molecular weight excluding hydrogens is 378 g/mol. The van der Waals surface area contributed by atoms with Crippen molar-refractivity contribution < 1.29 is 14.3 Å². The van der Waals surface area contributed by atoms with Crippen molar-refractivity contribution in [1.82, 2.24) is 15.5 Å². The highest BCUT2D eigenvalue weighted by atomic mass is 16.6. The largest absolute Gasteiger partial charge is 0.444 e. The average Bonchev–Trinajstić information content (AvgIpc) is 3.52. The van der Waals surface area contributed by atoms with Gasteiger partial charge in [-0.15, -0.1) is 0 Å². The van der Waals surface area contributed by atoms with Crippen LogP contribution in [0.15, 0.2) is 30.3 Å². The molecule has 1 aromatic carbocycles. The van der Waals surface area contributed by atoms with Gasteiger partial charge in [0.15, 0.2) is 0 Å². The van der Waals surface area contributed by atoms with Gasteiger partial charge in [-0.1, -0.05) is 30.3 Å². The van der Waals surface area contributed by atoms with Gasteiger partial charge >= 0.3 is 6.09 Å². The van der Waals surface area contributed by atoms with Gasteiger partial charge in [-0.2, -0.15) is 0 Å². The van der Waals surface area contributed by atoms with Crippen LogP contribution < -0.4 is 10.6 Å². The zero-order valence-corrected chi connectivity index (χ0v) is 18.9. The smallest absolute Gasteiger partial charge is 0.407 e. The fourth-order valence-electron chi connectivity index (χ4n) is 4.22. The fraction of sp³-hybridized carbons (Fsp3) is 0.667. The van der Waals surface area contributed by atoms with Crippen LogP contribution in [0.4, 0.5) is 4.79 Å². The number of amides is 2. The normalized spacial score (nSPS) is 22.1. The number of benzene rings is 1. The Morgan fingerprint density at radius 1 is 1.10 bits per heavy atom. The van der Waals surface area contributed by atoms with E-state index in [1.165, 1.54) is 5.56 Å². The van der Waals surface area contributed by atoms with Gasteiger partial charge in [0, 0.05) is 19.6 Å². The van der Waals surface area contributed by atoms with Crippen LogP contribution in [0.2, 0.25) is 0 Å². The minimum Gasteiger partial charge on any atom is -0.444 e. The number of ether oxygens (including phenoxy) is 1. The zero-order valence-electron chi connectivity index (χ0n) is 18.9. The van der Waals surface area contributed by atoms with Crippen molar-refractivity contribution in [3.8, 4) is 0 Å². The second kappa shape index (κ2) is 9.38. The molecule has 6 heteroatoms. The molecule has 2 N–H and O–H groups in total. The van der Waals surface area contributed by atoms with Crippen molar-refractivity contribution in [2.24, 2.45) is 11.8 Å². The van der Waals surface area contributed by atoms with Gasteiger partial charge < -0.3 is 15.4 Å². The predicted molar refractivity (Wildman–Crippen MR) is 118 cm³/mol. The van der Waals surface area contributed by atoms with E-state index >= 15 is 0 Å². The van der Waals surface area contributed by atoms with Gasteiger partial charge in [-0.25, -0.2) is 4.79 Å². The third-order valence-electron chi connectivity index (χ3n) is 6.01. The molecular formula is C24H37N3O3. The Hall–Kier alpha value is -2.08. The number of carbonyl (C=O) groups excluding carboxylic acids is 2. The monoisotopic (exact) mass is 415 g/mol. The second-order valence-electron chi connectivity index (χ2n) is 10.1. The molecule has 30 heavy (non-hydrogen) atoms. The summed E-state index contributed by atoms with van der Waals surface area (Å²) in [6.07, 6.45) is 3.67. The summed E-state index contributed by atoms with van der Waals surface area (Å²) in [6, 6.07) is 10.4. The van der Waals surface area contributed by atoms with Gasteiger partial charge in [-0.3, -0.25) is 9.69 Å². The fourth-order valence-corrected chi connectivity index (χ4v) is 4.22. The maximum Gasteiger partial charge on any atom is 0.407 e. The van der Waals surface area contributed by atoms with Gasteiger partial charge in [-0.05, 0) is 71.4 Å². The van der Waals surface area contributed by atoms with E-state index in [9.17, 15) is 9.59 Å². The van der Waals surface area contributed by atoms with E-state index in [0.717, 1.165) is 45.3 Å². The van der Waals surface area contributed by atoms with Crippen molar-refractivity contribution >= 4 is 12.0 Å². The van der Waals surface area contributed by atoms with Crippen molar-refractivity contribution in [1.29, 1.82) is 0 Å². The molecule has 3 rings (SSSR count). The number of carbonyl (C=O) groups is 2. The highest BCUT2D eigenvalue weighted by Crippen LogP contribution is 2.39. The maximum absolute atomic E-state index is 13.1. The number of alkyl carbamates (subject to hydrolysis) is 1. The molecule has 0 spiro atoms. The van der Waals surface area contributed by atoms with Crippen LogP contribution in [0.3, 0.4) is 0 Å². The van der Waals surface area contributed by atoms with Gasteiger partial charge in [0.05, 0.1) is 11.5 Å². The quantitative estimate of drug-likeness (QED) is 0.712. The lowest BCUT2D eigenvalue weighted by molar-refractivity contribution is -0.128. The Bertz CT molecular complexity index is 727. The van der Waals surface area contributed by atoms with Crippen LogP contribution in [0, 0.1) is 11.8 Å². The molecule has 0 aromatic heterocycles. The lowest BCUT2D eigenvalue weighted by atomic mass is 9.91. The Morgan fingerprint density at radius 2 is 1.80 bits per heavy atom. The number of hydrogen-bond donors (Lipinski definition) is 2. The number of nitrogens with zero attached hydrogens (tertiary/aromatic N) is 1. The van der Waals surface area contributed by atoms with Gasteiger partial charge in [0.25, 0.3) is 0 Å². The average molecular weight is 416 g/mol. The summed E-state index contributed by atoms with van der Waals surface area (Å²) in [7, 11) is 0. The van der Waals surface area contributed by atoms with Crippen molar-refractivity contribution in [2.75, 3.05) is 19.6 Å². The van der Waals surface area contributed by atoms with E-state index in [1.807, 2.05) is 33.8 Å². The van der Waals surface area contributed by atoms with Crippen LogP contribution in [0.1, 0.15) is 58.9 Å². The molecule has 2 amide bonds. The molecule has 1 saturated carbocycles. The summed E-state index contributed by atoms with van der Waals surface area (Å²) in [5.41, 5.74) is 0.312. The van der Waals surface area contributed by atoms with Crippen molar-refractivity contribution in [3.63, 3.8) is 0 Å². The molecule has 2 fully saturated rings. The topological polar surface area (TPSA) is 70.7 Å². The van der Waals surface area contributed by atoms with Crippen LogP contribution in [0.25, 0.3) is 0 Å².